The van der Waals surface area contributed by atoms with Gasteiger partial charge in [0, 0.05) is 13.6 Å². The highest BCUT2D eigenvalue weighted by Crippen LogP contribution is 2.49. The van der Waals surface area contributed by atoms with Crippen LogP contribution in [0.1, 0.15) is 18.5 Å². The number of methoxy groups -OCH3 is 1. The van der Waals surface area contributed by atoms with E-state index in [1.807, 2.05) is 0 Å². The number of carbonyl (C=O) groups is 4. The van der Waals surface area contributed by atoms with Gasteiger partial charge in [-0.25, -0.2) is 4.79 Å². The first-order valence-electron chi connectivity index (χ1n) is 8.64. The van der Waals surface area contributed by atoms with E-state index in [-0.39, 0.29) is 0 Å². The second kappa shape index (κ2) is 6.90. The molecule has 27 heavy (non-hydrogen) atoms. The van der Waals surface area contributed by atoms with E-state index >= 15 is 0 Å². The number of fused-ring (bicyclic) bond motifs is 1. The molecule has 0 radical (unpaired) electrons. The standard InChI is InChI=1S/C18H22N4O5/c1-4-20-18(26)22-13(9-5-7-10(27-3)8-6-9)11-12(14(22)15(19)23)17(25)21(2)16(11)24/h5-8,11-14H,4H2,1-3H3,(H2,19,23)(H,20,26). The van der Waals surface area contributed by atoms with Gasteiger partial charge in [-0.3, -0.25) is 19.3 Å². The van der Waals surface area contributed by atoms with Crippen molar-refractivity contribution < 1.29 is 23.9 Å². The summed E-state index contributed by atoms with van der Waals surface area (Å²) in [6.07, 6.45) is 0. The maximum Gasteiger partial charge on any atom is 0.318 e. The molecule has 0 saturated carbocycles. The SMILES string of the molecule is CCNC(=O)N1C(C(N)=O)C2C(=O)N(C)C(=O)C2C1c1ccc(OC)cc1. The first-order chi connectivity index (χ1) is 12.8. The first kappa shape index (κ1) is 18.7. The van der Waals surface area contributed by atoms with Crippen molar-refractivity contribution in [2.24, 2.45) is 17.6 Å². The van der Waals surface area contributed by atoms with Crippen LogP contribution in [0.3, 0.4) is 0 Å². The van der Waals surface area contributed by atoms with E-state index in [1.165, 1.54) is 19.1 Å². The number of likely N-dealkylation sites (tertiary alicyclic amines) is 2. The Morgan fingerprint density at radius 1 is 1.15 bits per heavy atom. The van der Waals surface area contributed by atoms with Crippen molar-refractivity contribution in [3.8, 4) is 5.75 Å². The van der Waals surface area contributed by atoms with Crippen molar-refractivity contribution >= 4 is 23.8 Å². The highest BCUT2D eigenvalue weighted by molar-refractivity contribution is 6.09. The van der Waals surface area contributed by atoms with E-state index in [0.717, 1.165) is 4.90 Å². The summed E-state index contributed by atoms with van der Waals surface area (Å²) in [5.41, 5.74) is 6.18. The van der Waals surface area contributed by atoms with E-state index < -0.39 is 47.7 Å². The van der Waals surface area contributed by atoms with Crippen LogP contribution in [0.5, 0.6) is 5.75 Å². The van der Waals surface area contributed by atoms with E-state index in [0.29, 0.717) is 17.9 Å². The maximum absolute atomic E-state index is 12.8. The number of nitrogens with two attached hydrogens (primary N) is 1. The number of hydrogen-bond donors (Lipinski definition) is 2. The number of hydrogen-bond acceptors (Lipinski definition) is 5. The van der Waals surface area contributed by atoms with Crippen molar-refractivity contribution in [3.05, 3.63) is 29.8 Å². The molecule has 1 aromatic rings. The Balaban J connectivity index is 2.14. The van der Waals surface area contributed by atoms with Crippen LogP contribution in [0, 0.1) is 11.8 Å². The number of amides is 5. The van der Waals surface area contributed by atoms with Crippen molar-refractivity contribution in [1.29, 1.82) is 0 Å². The van der Waals surface area contributed by atoms with Crippen LogP contribution in [0.25, 0.3) is 0 Å². The average molecular weight is 374 g/mol. The third-order valence-electron chi connectivity index (χ3n) is 5.21. The molecule has 3 rings (SSSR count). The maximum atomic E-state index is 12.8. The van der Waals surface area contributed by atoms with Crippen LogP contribution in [0.2, 0.25) is 0 Å². The molecule has 2 heterocycles. The number of benzene rings is 1. The molecule has 4 unspecified atom stereocenters. The predicted molar refractivity (Wildman–Crippen MR) is 94.4 cm³/mol. The van der Waals surface area contributed by atoms with Gasteiger partial charge in [0.15, 0.2) is 0 Å². The number of nitrogens with one attached hydrogen (secondary N) is 1. The highest BCUT2D eigenvalue weighted by atomic mass is 16.5. The molecule has 0 aliphatic carbocycles. The van der Waals surface area contributed by atoms with E-state index in [2.05, 4.69) is 5.32 Å². The Morgan fingerprint density at radius 2 is 1.74 bits per heavy atom. The lowest BCUT2D eigenvalue weighted by atomic mass is 9.86. The number of carbonyl (C=O) groups excluding carboxylic acids is 4. The zero-order chi connectivity index (χ0) is 19.9. The van der Waals surface area contributed by atoms with E-state index in [4.69, 9.17) is 10.5 Å². The van der Waals surface area contributed by atoms with E-state index in [1.54, 1.807) is 31.2 Å². The molecule has 9 heteroatoms. The number of imide groups is 1. The van der Waals surface area contributed by atoms with Gasteiger partial charge in [0.2, 0.25) is 17.7 Å². The highest BCUT2D eigenvalue weighted by Gasteiger charge is 2.64. The number of rotatable bonds is 4. The Labute approximate surface area is 156 Å². The smallest absolute Gasteiger partial charge is 0.318 e. The third-order valence-corrected chi connectivity index (χ3v) is 5.21. The van der Waals surface area contributed by atoms with Crippen LogP contribution in [-0.2, 0) is 14.4 Å². The summed E-state index contributed by atoms with van der Waals surface area (Å²) in [4.78, 5) is 52.6. The second-order valence-corrected chi connectivity index (χ2v) is 6.60. The molecule has 2 fully saturated rings. The molecular formula is C18H22N4O5. The van der Waals surface area contributed by atoms with Crippen molar-refractivity contribution in [3.63, 3.8) is 0 Å². The molecule has 3 N–H and O–H groups in total. The molecule has 2 aliphatic heterocycles. The van der Waals surface area contributed by atoms with Crippen molar-refractivity contribution in [2.45, 2.75) is 19.0 Å². The van der Waals surface area contributed by atoms with E-state index in [9.17, 15) is 19.2 Å². The lowest BCUT2D eigenvalue weighted by molar-refractivity contribution is -0.141. The number of nitrogens with zero attached hydrogens (tertiary/aromatic N) is 2. The fourth-order valence-electron chi connectivity index (χ4n) is 4.02. The quantitative estimate of drug-likeness (QED) is 0.711. The number of primary amides is 1. The Bertz CT molecular complexity index is 793. The fraction of sp³-hybridized carbons (Fsp3) is 0.444. The zero-order valence-corrected chi connectivity index (χ0v) is 15.3. The Hall–Kier alpha value is -3.10. The normalized spacial score (nSPS) is 26.9. The number of urea groups is 1. The zero-order valence-electron chi connectivity index (χ0n) is 15.3. The summed E-state index contributed by atoms with van der Waals surface area (Å²) < 4.78 is 5.15. The monoisotopic (exact) mass is 374 g/mol. The Morgan fingerprint density at radius 3 is 2.26 bits per heavy atom. The predicted octanol–water partition coefficient (Wildman–Crippen LogP) is -0.134. The molecule has 144 valence electrons. The topological polar surface area (TPSA) is 122 Å². The van der Waals surface area contributed by atoms with Crippen LogP contribution in [-0.4, -0.2) is 60.3 Å². The van der Waals surface area contributed by atoms with Crippen LogP contribution >= 0.6 is 0 Å². The minimum atomic E-state index is -1.20. The van der Waals surface area contributed by atoms with Crippen LogP contribution in [0.4, 0.5) is 4.79 Å². The minimum Gasteiger partial charge on any atom is -0.497 e. The third kappa shape index (κ3) is 2.79. The summed E-state index contributed by atoms with van der Waals surface area (Å²) in [6.45, 7) is 2.06. The van der Waals surface area contributed by atoms with Gasteiger partial charge in [0.1, 0.15) is 11.8 Å². The molecule has 2 saturated heterocycles. The summed E-state index contributed by atoms with van der Waals surface area (Å²) in [5, 5.41) is 2.64. The molecule has 5 amide bonds. The summed E-state index contributed by atoms with van der Waals surface area (Å²) >= 11 is 0. The number of ether oxygens (including phenoxy) is 1. The average Bonchev–Trinajstić information content (AvgIpc) is 3.11. The summed E-state index contributed by atoms with van der Waals surface area (Å²) in [5.74, 6) is -2.99. The largest absolute Gasteiger partial charge is 0.497 e. The lowest BCUT2D eigenvalue weighted by Crippen LogP contribution is -2.53. The van der Waals surface area contributed by atoms with Gasteiger partial charge < -0.3 is 20.7 Å². The summed E-state index contributed by atoms with van der Waals surface area (Å²) in [6, 6.07) is 4.30. The Kier molecular flexibility index (Phi) is 4.77. The molecule has 2 aliphatic rings. The van der Waals surface area contributed by atoms with Gasteiger partial charge in [0.05, 0.1) is 25.0 Å². The second-order valence-electron chi connectivity index (χ2n) is 6.60. The molecular weight excluding hydrogens is 352 g/mol. The van der Waals surface area contributed by atoms with Crippen LogP contribution < -0.4 is 15.8 Å². The molecule has 0 aromatic heterocycles. The van der Waals surface area contributed by atoms with Gasteiger partial charge in [-0.05, 0) is 24.6 Å². The fourth-order valence-corrected chi connectivity index (χ4v) is 4.02. The summed E-state index contributed by atoms with van der Waals surface area (Å²) in [7, 11) is 2.90. The minimum absolute atomic E-state index is 0.327. The van der Waals surface area contributed by atoms with Gasteiger partial charge >= 0.3 is 6.03 Å². The van der Waals surface area contributed by atoms with Gasteiger partial charge in [-0.15, -0.1) is 0 Å². The van der Waals surface area contributed by atoms with Gasteiger partial charge in [-0.1, -0.05) is 12.1 Å². The van der Waals surface area contributed by atoms with Gasteiger partial charge in [0.25, 0.3) is 0 Å². The molecule has 4 atom stereocenters. The lowest BCUT2D eigenvalue weighted by Gasteiger charge is -2.32. The van der Waals surface area contributed by atoms with Crippen molar-refractivity contribution in [2.75, 3.05) is 20.7 Å². The van der Waals surface area contributed by atoms with Gasteiger partial charge in [-0.2, -0.15) is 0 Å². The molecule has 9 nitrogen and oxygen atoms in total. The molecule has 0 spiro atoms. The van der Waals surface area contributed by atoms with Crippen molar-refractivity contribution in [1.82, 2.24) is 15.1 Å². The molecule has 1 aromatic carbocycles. The first-order valence-corrected chi connectivity index (χ1v) is 8.64. The molecule has 0 bridgehead atoms. The van der Waals surface area contributed by atoms with Crippen LogP contribution in [0.15, 0.2) is 24.3 Å².